The molecule has 0 bridgehead atoms. The first kappa shape index (κ1) is 5.92. The Morgan fingerprint density at radius 1 is 1.31 bits per heavy atom. The average molecular weight is 258 g/mol. The van der Waals surface area contributed by atoms with Crippen molar-refractivity contribution in [2.75, 3.05) is 0 Å². The van der Waals surface area contributed by atoms with Crippen molar-refractivity contribution < 1.29 is 46.8 Å². The molecule has 0 N–H and O–H groups in total. The van der Waals surface area contributed by atoms with E-state index in [0.29, 0.717) is 0 Å². The van der Waals surface area contributed by atoms with Crippen molar-refractivity contribution >= 4 is 5.97 Å². The molecule has 0 aliphatic heterocycles. The molecule has 0 aliphatic rings. The van der Waals surface area contributed by atoms with E-state index in [2.05, 4.69) is 4.74 Å². The number of halogens is 6. The second-order valence-electron chi connectivity index (χ2n) is 2.43. The van der Waals surface area contributed by atoms with E-state index in [9.17, 15) is 31.1 Å². The Hall–Kier alpha value is -1.21. The van der Waals surface area contributed by atoms with Gasteiger partial charge in [0.2, 0.25) is 0 Å². The molecule has 0 fully saturated rings. The summed E-state index contributed by atoms with van der Waals surface area (Å²) in [5.74, 6) is -16.0. The summed E-state index contributed by atoms with van der Waals surface area (Å²) in [4.78, 5) is 11.2. The summed E-state index contributed by atoms with van der Waals surface area (Å²) in [6.45, 7) is -10.6. The van der Waals surface area contributed by atoms with E-state index in [4.69, 9.17) is 11.0 Å². The van der Waals surface area contributed by atoms with Gasteiger partial charge in [0.1, 0.15) is 0 Å². The smallest absolute Gasteiger partial charge is 0.393 e. The number of esters is 1. The first-order valence-electron chi connectivity index (χ1n) is 7.25. The Morgan fingerprint density at radius 2 is 1.88 bits per heavy atom. The monoisotopic (exact) mass is 258 g/mol. The molecule has 0 aromatic rings. The van der Waals surface area contributed by atoms with Gasteiger partial charge in [-0.15, -0.1) is 0 Å². The lowest BCUT2D eigenvalue weighted by Gasteiger charge is -2.29. The Morgan fingerprint density at radius 3 is 2.25 bits per heavy atom. The summed E-state index contributed by atoms with van der Waals surface area (Å²) in [5, 5.41) is 0. The molecule has 0 atom stereocenters. The maximum Gasteiger partial charge on any atom is 0.473 e. The number of ether oxygens (including phenoxy) is 1. The van der Waals surface area contributed by atoms with Gasteiger partial charge in [-0.25, -0.2) is 4.79 Å². The van der Waals surface area contributed by atoms with Crippen LogP contribution in [-0.2, 0) is 9.53 Å². The first-order valence-corrected chi connectivity index (χ1v) is 3.25. The number of hydrogen-bond acceptors (Lipinski definition) is 2. The molecule has 8 heteroatoms. The van der Waals surface area contributed by atoms with Crippen molar-refractivity contribution in [3.05, 3.63) is 12.1 Å². The summed E-state index contributed by atoms with van der Waals surface area (Å²) in [6.07, 6.45) is -6.45. The largest absolute Gasteiger partial charge is 0.473 e. The lowest BCUT2D eigenvalue weighted by molar-refractivity contribution is -0.380. The molecular formula is C8H8F6O2. The van der Waals surface area contributed by atoms with Gasteiger partial charge in [-0.3, -0.25) is 0 Å². The second-order valence-corrected chi connectivity index (χ2v) is 2.43. The van der Waals surface area contributed by atoms with Crippen LogP contribution in [0.2, 0.25) is 0 Å². The summed E-state index contributed by atoms with van der Waals surface area (Å²) in [7, 11) is 0. The molecule has 0 rings (SSSR count). The normalized spacial score (nSPS) is 22.1. The van der Waals surface area contributed by atoms with Crippen LogP contribution in [0.25, 0.3) is 0 Å². The average Bonchev–Trinajstić information content (AvgIpc) is 2.22. The lowest BCUT2D eigenvalue weighted by atomic mass is 10.2. The van der Waals surface area contributed by atoms with Gasteiger partial charge in [-0.2, -0.15) is 26.3 Å². The minimum absolute atomic E-state index is 1.92. The molecule has 94 valence electrons. The van der Waals surface area contributed by atoms with Crippen molar-refractivity contribution in [3.63, 3.8) is 0 Å². The number of alkyl halides is 6. The van der Waals surface area contributed by atoms with E-state index in [-0.39, 0.29) is 0 Å². The molecule has 0 amide bonds. The maximum absolute atomic E-state index is 13.2. The second kappa shape index (κ2) is 3.99. The molecule has 0 radical (unpaired) electrons. The lowest BCUT2D eigenvalue weighted by Crippen LogP contribution is -2.54. The molecule has 2 nitrogen and oxygen atoms in total. The highest BCUT2D eigenvalue weighted by Gasteiger charge is 2.72. The fourth-order valence-electron chi connectivity index (χ4n) is 0.414. The number of rotatable bonds is 4. The van der Waals surface area contributed by atoms with Gasteiger partial charge < -0.3 is 4.74 Å². The number of carbonyl (C=O) groups is 1. The molecule has 0 spiro atoms. The van der Waals surface area contributed by atoms with Crippen LogP contribution in [0.4, 0.5) is 26.3 Å². The predicted molar refractivity (Wildman–Crippen MR) is 41.4 cm³/mol. The number of carbonyl (C=O) groups excluding carboxylic acids is 1. The summed E-state index contributed by atoms with van der Waals surface area (Å²) < 4.78 is 134. The van der Waals surface area contributed by atoms with Crippen LogP contribution in [0.15, 0.2) is 12.1 Å². The zero-order valence-electron chi connectivity index (χ0n) is 15.1. The van der Waals surface area contributed by atoms with Crippen LogP contribution in [0.5, 0.6) is 0 Å². The molecule has 0 saturated carbocycles. The van der Waals surface area contributed by atoms with Gasteiger partial charge in [0.25, 0.3) is 0 Å². The third-order valence-corrected chi connectivity index (χ3v) is 1.18. The van der Waals surface area contributed by atoms with Gasteiger partial charge in [-0.05, 0) is 6.85 Å². The SMILES string of the molecule is [2H]C([2H])=C(C(=O)OC(F)(F)C(F)(F)C(F)(F)C([2H])([2H])[2H])C([2H])([2H])[2H]. The fourth-order valence-corrected chi connectivity index (χ4v) is 0.414. The van der Waals surface area contributed by atoms with Gasteiger partial charge >= 0.3 is 23.9 Å². The Kier molecular flexibility index (Phi) is 1.48. The van der Waals surface area contributed by atoms with Crippen LogP contribution in [0.3, 0.4) is 0 Å². The summed E-state index contributed by atoms with van der Waals surface area (Å²) >= 11 is 0. The highest BCUT2D eigenvalue weighted by Crippen LogP contribution is 2.46. The third-order valence-electron chi connectivity index (χ3n) is 1.18. The van der Waals surface area contributed by atoms with E-state index in [1.165, 1.54) is 0 Å². The minimum Gasteiger partial charge on any atom is -0.393 e. The van der Waals surface area contributed by atoms with E-state index >= 15 is 0 Å². The molecular weight excluding hydrogens is 242 g/mol. The number of hydrogen-bond donors (Lipinski definition) is 0. The Balaban J connectivity index is 5.88. The Labute approximate surface area is 98.1 Å². The minimum atomic E-state index is -6.75. The van der Waals surface area contributed by atoms with E-state index in [1.807, 2.05) is 0 Å². The van der Waals surface area contributed by atoms with Crippen LogP contribution < -0.4 is 0 Å². The standard InChI is InChI=1S/C8H8F6O2/c1-4(2)5(15)16-8(13,14)7(11,12)6(3,9)10/h1H2,2-3H3/i1D2,2D3,3D3. The van der Waals surface area contributed by atoms with E-state index in [0.717, 1.165) is 0 Å². The highest BCUT2D eigenvalue weighted by atomic mass is 19.3. The first-order chi connectivity index (χ1) is 10.2. The molecule has 0 aliphatic carbocycles. The fraction of sp³-hybridized carbons (Fsp3) is 0.625. The zero-order chi connectivity index (χ0) is 19.9. The zero-order valence-corrected chi connectivity index (χ0v) is 7.08. The molecule has 16 heavy (non-hydrogen) atoms. The van der Waals surface area contributed by atoms with E-state index < -0.39 is 49.7 Å². The van der Waals surface area contributed by atoms with Crippen LogP contribution in [-0.4, -0.2) is 23.9 Å². The predicted octanol–water partition coefficient (Wildman–Crippen LogP) is 2.99. The maximum atomic E-state index is 13.2. The van der Waals surface area contributed by atoms with Gasteiger partial charge in [0.05, 0.1) is 2.74 Å². The molecule has 0 saturated heterocycles. The van der Waals surface area contributed by atoms with Crippen molar-refractivity contribution in [3.8, 4) is 0 Å². The molecule has 0 aromatic carbocycles. The molecule has 0 aromatic heterocycles. The molecule has 0 unspecified atom stereocenters. The van der Waals surface area contributed by atoms with Gasteiger partial charge in [0, 0.05) is 20.6 Å². The summed E-state index contributed by atoms with van der Waals surface area (Å²) in [6, 6.07) is 0. The van der Waals surface area contributed by atoms with E-state index in [1.54, 1.807) is 0 Å². The third kappa shape index (κ3) is 2.67. The van der Waals surface area contributed by atoms with Gasteiger partial charge in [-0.1, -0.05) is 6.53 Å². The quantitative estimate of drug-likeness (QED) is 0.440. The van der Waals surface area contributed by atoms with Crippen molar-refractivity contribution in [1.29, 1.82) is 0 Å². The molecule has 0 heterocycles. The summed E-state index contributed by atoms with van der Waals surface area (Å²) in [5.41, 5.74) is -2.09. The van der Waals surface area contributed by atoms with Gasteiger partial charge in [0.15, 0.2) is 0 Å². The Bertz CT molecular complexity index is 534. The van der Waals surface area contributed by atoms with Crippen molar-refractivity contribution in [2.45, 2.75) is 31.7 Å². The van der Waals surface area contributed by atoms with Crippen LogP contribution >= 0.6 is 0 Å². The van der Waals surface area contributed by atoms with Crippen LogP contribution in [0, 0.1) is 0 Å². The van der Waals surface area contributed by atoms with Crippen molar-refractivity contribution in [1.82, 2.24) is 0 Å². The topological polar surface area (TPSA) is 26.3 Å². The van der Waals surface area contributed by atoms with Crippen molar-refractivity contribution in [2.24, 2.45) is 0 Å². The highest BCUT2D eigenvalue weighted by molar-refractivity contribution is 5.87. The van der Waals surface area contributed by atoms with Crippen LogP contribution in [0.1, 0.15) is 24.7 Å².